The zero-order valence-corrected chi connectivity index (χ0v) is 21.4. The highest BCUT2D eigenvalue weighted by molar-refractivity contribution is 7.85. The second-order valence-electron chi connectivity index (χ2n) is 9.67. The van der Waals surface area contributed by atoms with Gasteiger partial charge in [0, 0.05) is 18.5 Å². The number of carbonyl (C=O) groups excluding carboxylic acids is 1. The van der Waals surface area contributed by atoms with Crippen molar-refractivity contribution in [1.29, 1.82) is 0 Å². The molecule has 1 saturated heterocycles. The van der Waals surface area contributed by atoms with E-state index in [1.54, 1.807) is 0 Å². The van der Waals surface area contributed by atoms with Crippen molar-refractivity contribution in [2.75, 3.05) is 26.0 Å². The van der Waals surface area contributed by atoms with Crippen molar-refractivity contribution in [3.8, 4) is 5.75 Å². The molecule has 0 unspecified atom stereocenters. The van der Waals surface area contributed by atoms with Crippen LogP contribution in [0.2, 0.25) is 0 Å². The summed E-state index contributed by atoms with van der Waals surface area (Å²) in [6.45, 7) is 5.18. The number of nitrogens with zero attached hydrogens (tertiary/aromatic N) is 1. The molecule has 6 nitrogen and oxygen atoms in total. The lowest BCUT2D eigenvalue weighted by Gasteiger charge is -2.30. The molecule has 35 heavy (non-hydrogen) atoms. The summed E-state index contributed by atoms with van der Waals surface area (Å²) < 4.78 is 34.1. The second kappa shape index (κ2) is 10.4. The third-order valence-corrected chi connectivity index (χ3v) is 7.17. The maximum Gasteiger partial charge on any atom is 0.264 e. The van der Waals surface area contributed by atoms with Crippen LogP contribution in [0, 0.1) is 0 Å². The van der Waals surface area contributed by atoms with Crippen LogP contribution < -0.4 is 4.74 Å². The van der Waals surface area contributed by atoms with Gasteiger partial charge in [0.15, 0.2) is 0 Å². The van der Waals surface area contributed by atoms with Crippen molar-refractivity contribution >= 4 is 26.8 Å². The smallest absolute Gasteiger partial charge is 0.264 e. The highest BCUT2D eigenvalue weighted by Gasteiger charge is 2.41. The fourth-order valence-electron chi connectivity index (χ4n) is 4.86. The number of ether oxygens (including phenoxy) is 1. The molecule has 7 heteroatoms. The van der Waals surface area contributed by atoms with Crippen LogP contribution in [0.4, 0.5) is 0 Å². The molecule has 0 radical (unpaired) electrons. The molecule has 0 spiro atoms. The Morgan fingerprint density at radius 2 is 1.80 bits per heavy atom. The van der Waals surface area contributed by atoms with Crippen LogP contribution in [0.25, 0.3) is 10.8 Å². The monoisotopic (exact) mass is 495 g/mol. The number of hydrogen-bond acceptors (Lipinski definition) is 5. The van der Waals surface area contributed by atoms with Gasteiger partial charge in [0.05, 0.1) is 25.4 Å². The Labute approximate surface area is 208 Å². The molecule has 1 aliphatic heterocycles. The van der Waals surface area contributed by atoms with Crippen LogP contribution in [-0.2, 0) is 30.9 Å². The van der Waals surface area contributed by atoms with E-state index in [0.29, 0.717) is 25.9 Å². The summed E-state index contributed by atoms with van der Waals surface area (Å²) in [7, 11) is -3.54. The van der Waals surface area contributed by atoms with Crippen molar-refractivity contribution in [2.24, 2.45) is 0 Å². The Morgan fingerprint density at radius 1 is 1.03 bits per heavy atom. The number of benzene rings is 3. The first-order chi connectivity index (χ1) is 16.6. The summed E-state index contributed by atoms with van der Waals surface area (Å²) in [5.74, 6) is 0.813. The van der Waals surface area contributed by atoms with Gasteiger partial charge in [0.25, 0.3) is 10.1 Å². The predicted molar refractivity (Wildman–Crippen MR) is 138 cm³/mol. The van der Waals surface area contributed by atoms with Gasteiger partial charge in [-0.25, -0.2) is 0 Å². The van der Waals surface area contributed by atoms with Crippen LogP contribution in [-0.4, -0.2) is 51.3 Å². The summed E-state index contributed by atoms with van der Waals surface area (Å²) in [6.07, 6.45) is 2.69. The average molecular weight is 496 g/mol. The minimum absolute atomic E-state index is 0.0541. The van der Waals surface area contributed by atoms with E-state index in [2.05, 4.69) is 30.3 Å². The minimum atomic E-state index is -3.54. The summed E-state index contributed by atoms with van der Waals surface area (Å²) in [4.78, 5) is 15.2. The van der Waals surface area contributed by atoms with E-state index in [-0.39, 0.29) is 24.0 Å². The molecule has 1 fully saturated rings. The van der Waals surface area contributed by atoms with Gasteiger partial charge in [-0.3, -0.25) is 8.98 Å². The van der Waals surface area contributed by atoms with E-state index in [0.717, 1.165) is 40.3 Å². The first kappa shape index (κ1) is 25.2. The van der Waals surface area contributed by atoms with Crippen molar-refractivity contribution in [1.82, 2.24) is 4.90 Å². The van der Waals surface area contributed by atoms with E-state index in [4.69, 9.17) is 8.92 Å². The van der Waals surface area contributed by atoms with Crippen LogP contribution >= 0.6 is 0 Å². The molecule has 1 atom stereocenters. The molecular formula is C28H33NO5S. The molecule has 0 bridgehead atoms. The van der Waals surface area contributed by atoms with Crippen molar-refractivity contribution in [3.63, 3.8) is 0 Å². The number of hydrogen-bond donors (Lipinski definition) is 0. The fourth-order valence-corrected chi connectivity index (χ4v) is 5.25. The molecule has 1 heterocycles. The van der Waals surface area contributed by atoms with Crippen molar-refractivity contribution < 1.29 is 22.1 Å². The second-order valence-corrected chi connectivity index (χ2v) is 11.3. The molecule has 1 amide bonds. The molecule has 0 saturated carbocycles. The van der Waals surface area contributed by atoms with Crippen LogP contribution in [0.1, 0.15) is 37.8 Å². The van der Waals surface area contributed by atoms with Gasteiger partial charge >= 0.3 is 0 Å². The Kier molecular flexibility index (Phi) is 7.47. The van der Waals surface area contributed by atoms with Gasteiger partial charge in [0.2, 0.25) is 5.91 Å². The molecule has 0 aromatic heterocycles. The van der Waals surface area contributed by atoms with Gasteiger partial charge < -0.3 is 9.64 Å². The standard InChI is InChI=1S/C28H33NO5S/c1-21(2)34-26-10-6-7-22(17-26)18-27(30)29-15-13-28(20-29,14-16-33-35(3,31)32)25-12-11-23-8-4-5-9-24(23)19-25/h4-12,17,19,21H,13-16,18,20H2,1-3H3/t28-/m1/s1. The number of fused-ring (bicyclic) bond motifs is 1. The summed E-state index contributed by atoms with van der Waals surface area (Å²) >= 11 is 0. The van der Waals surface area contributed by atoms with E-state index in [1.807, 2.05) is 55.1 Å². The number of carbonyl (C=O) groups is 1. The minimum Gasteiger partial charge on any atom is -0.491 e. The lowest BCUT2D eigenvalue weighted by molar-refractivity contribution is -0.129. The molecule has 0 aliphatic carbocycles. The van der Waals surface area contributed by atoms with Crippen molar-refractivity contribution in [2.45, 2.75) is 44.6 Å². The average Bonchev–Trinajstić information content (AvgIpc) is 3.23. The third-order valence-electron chi connectivity index (χ3n) is 6.57. The highest BCUT2D eigenvalue weighted by Crippen LogP contribution is 2.39. The van der Waals surface area contributed by atoms with Crippen molar-refractivity contribution in [3.05, 3.63) is 77.9 Å². The van der Waals surface area contributed by atoms with E-state index >= 15 is 0 Å². The van der Waals surface area contributed by atoms with E-state index in [9.17, 15) is 13.2 Å². The van der Waals surface area contributed by atoms with E-state index < -0.39 is 10.1 Å². The topological polar surface area (TPSA) is 72.9 Å². The summed E-state index contributed by atoms with van der Waals surface area (Å²) in [6, 6.07) is 22.2. The number of amides is 1. The summed E-state index contributed by atoms with van der Waals surface area (Å²) in [5, 5.41) is 2.27. The highest BCUT2D eigenvalue weighted by atomic mass is 32.2. The van der Waals surface area contributed by atoms with Crippen LogP contribution in [0.3, 0.4) is 0 Å². The Bertz CT molecular complexity index is 1300. The quantitative estimate of drug-likeness (QED) is 0.402. The molecule has 1 aliphatic rings. The Balaban J connectivity index is 1.55. The maximum atomic E-state index is 13.3. The van der Waals surface area contributed by atoms with Gasteiger partial charge in [-0.2, -0.15) is 8.42 Å². The molecule has 3 aromatic rings. The lowest BCUT2D eigenvalue weighted by Crippen LogP contribution is -2.36. The fraction of sp³-hybridized carbons (Fsp3) is 0.393. The molecule has 4 rings (SSSR count). The Morgan fingerprint density at radius 3 is 2.54 bits per heavy atom. The predicted octanol–water partition coefficient (Wildman–Crippen LogP) is 4.71. The SMILES string of the molecule is CC(C)Oc1cccc(CC(=O)N2CC[C@](CCOS(C)(=O)=O)(c3ccc4ccccc4c3)C2)c1. The maximum absolute atomic E-state index is 13.3. The lowest BCUT2D eigenvalue weighted by atomic mass is 9.76. The largest absolute Gasteiger partial charge is 0.491 e. The zero-order chi connectivity index (χ0) is 25.1. The molecular weight excluding hydrogens is 462 g/mol. The van der Waals surface area contributed by atoms with Gasteiger partial charge in [-0.05, 0) is 60.7 Å². The number of rotatable bonds is 9. The first-order valence-electron chi connectivity index (χ1n) is 12.0. The Hall–Kier alpha value is -2.90. The molecule has 186 valence electrons. The van der Waals surface area contributed by atoms with Gasteiger partial charge in [-0.15, -0.1) is 0 Å². The van der Waals surface area contributed by atoms with E-state index in [1.165, 1.54) is 0 Å². The zero-order valence-electron chi connectivity index (χ0n) is 20.6. The number of likely N-dealkylation sites (tertiary alicyclic amines) is 1. The molecule has 0 N–H and O–H groups in total. The van der Waals surface area contributed by atoms with Crippen LogP contribution in [0.15, 0.2) is 66.7 Å². The van der Waals surface area contributed by atoms with Gasteiger partial charge in [-0.1, -0.05) is 54.6 Å². The van der Waals surface area contributed by atoms with Crippen LogP contribution in [0.5, 0.6) is 5.75 Å². The summed E-state index contributed by atoms with van der Waals surface area (Å²) in [5.41, 5.74) is 1.65. The third kappa shape index (κ3) is 6.41. The normalized spacial score (nSPS) is 18.3. The van der Waals surface area contributed by atoms with Gasteiger partial charge in [0.1, 0.15) is 5.75 Å². The first-order valence-corrected chi connectivity index (χ1v) is 13.8. The molecule has 3 aromatic carbocycles.